The van der Waals surface area contributed by atoms with Gasteiger partial charge in [-0.15, -0.1) is 0 Å². The molecule has 0 radical (unpaired) electrons. The van der Waals surface area contributed by atoms with Gasteiger partial charge < -0.3 is 23.7 Å². The largest absolute Gasteiger partial charge is 0.458 e. The quantitative estimate of drug-likeness (QED) is 0.185. The molecule has 7 atom stereocenters. The van der Waals surface area contributed by atoms with Crippen molar-refractivity contribution in [1.82, 2.24) is 0 Å². The molecule has 12 nitrogen and oxygen atoms in total. The van der Waals surface area contributed by atoms with Crippen molar-refractivity contribution in [1.29, 1.82) is 0 Å². The Hall–Kier alpha value is -2.39. The molecule has 0 aromatic rings. The third kappa shape index (κ3) is 4.66. The molecule has 186 valence electrons. The van der Waals surface area contributed by atoms with Crippen LogP contribution in [0.25, 0.3) is 0 Å². The van der Waals surface area contributed by atoms with Crippen LogP contribution in [-0.4, -0.2) is 74.3 Å². The van der Waals surface area contributed by atoms with E-state index in [4.69, 9.17) is 18.8 Å². The van der Waals surface area contributed by atoms with Gasteiger partial charge in [-0.05, 0) is 13.3 Å². The lowest BCUT2D eigenvalue weighted by Crippen LogP contribution is -2.44. The van der Waals surface area contributed by atoms with E-state index in [-0.39, 0.29) is 12.7 Å². The Morgan fingerprint density at radius 3 is 2.45 bits per heavy atom. The van der Waals surface area contributed by atoms with Gasteiger partial charge in [-0.2, -0.15) is 17.2 Å². The lowest BCUT2D eigenvalue weighted by atomic mass is 9.78. The summed E-state index contributed by atoms with van der Waals surface area (Å²) in [4.78, 5) is 48.6. The van der Waals surface area contributed by atoms with E-state index in [2.05, 4.69) is 9.47 Å². The maximum atomic E-state index is 13.4. The molecule has 2 bridgehead atoms. The van der Waals surface area contributed by atoms with E-state index in [0.29, 0.717) is 13.3 Å². The maximum absolute atomic E-state index is 13.4. The summed E-state index contributed by atoms with van der Waals surface area (Å²) in [5, 5.41) is -4.73. The molecule has 3 aliphatic rings. The van der Waals surface area contributed by atoms with Crippen LogP contribution in [-0.2, 0) is 53.0 Å². The summed E-state index contributed by atoms with van der Waals surface area (Å²) in [7, 11) is -4.50. The van der Waals surface area contributed by atoms with Crippen molar-refractivity contribution in [3.63, 3.8) is 0 Å². The van der Waals surface area contributed by atoms with Crippen molar-refractivity contribution >= 4 is 34.0 Å². The van der Waals surface area contributed by atoms with E-state index in [1.807, 2.05) is 0 Å². The summed E-state index contributed by atoms with van der Waals surface area (Å²) in [6, 6.07) is 0. The van der Waals surface area contributed by atoms with E-state index in [0.717, 1.165) is 0 Å². The number of ether oxygens (including phenoxy) is 5. The van der Waals surface area contributed by atoms with Crippen molar-refractivity contribution in [3.8, 4) is 0 Å². The van der Waals surface area contributed by atoms with Crippen LogP contribution in [0.15, 0.2) is 0 Å². The van der Waals surface area contributed by atoms with Crippen LogP contribution < -0.4 is 0 Å². The second-order valence-electron chi connectivity index (χ2n) is 8.01. The third-order valence-corrected chi connectivity index (χ3v) is 7.08. The number of hydrogen-bond donors (Lipinski definition) is 1. The summed E-state index contributed by atoms with van der Waals surface area (Å²) in [6.07, 6.45) is -5.16. The smallest absolute Gasteiger partial charge is 0.405 e. The fourth-order valence-electron chi connectivity index (χ4n) is 4.63. The van der Waals surface area contributed by atoms with Gasteiger partial charge in [0.1, 0.15) is 12.2 Å². The van der Waals surface area contributed by atoms with Gasteiger partial charge in [0.25, 0.3) is 0 Å². The summed E-state index contributed by atoms with van der Waals surface area (Å²) in [5.41, 5.74) is 0. The molecule has 0 amide bonds. The van der Waals surface area contributed by atoms with E-state index < -0.39 is 88.2 Å². The number of fused-ring (bicyclic) bond motifs is 1. The Morgan fingerprint density at radius 1 is 1.21 bits per heavy atom. The first-order valence-electron chi connectivity index (χ1n) is 9.89. The molecule has 1 aliphatic heterocycles. The first-order valence-corrected chi connectivity index (χ1v) is 11.3. The molecule has 0 aromatic carbocycles. The van der Waals surface area contributed by atoms with Crippen LogP contribution in [0.2, 0.25) is 0 Å². The van der Waals surface area contributed by atoms with Crippen molar-refractivity contribution in [3.05, 3.63) is 0 Å². The maximum Gasteiger partial charge on any atom is 0.405 e. The van der Waals surface area contributed by atoms with Gasteiger partial charge in [0.2, 0.25) is 0 Å². The Morgan fingerprint density at radius 2 is 1.85 bits per heavy atom. The average Bonchev–Trinajstić information content (AvgIpc) is 3.33. The minimum absolute atomic E-state index is 0.320. The summed E-state index contributed by atoms with van der Waals surface area (Å²) >= 11 is 0. The van der Waals surface area contributed by atoms with Crippen LogP contribution in [0.3, 0.4) is 0 Å². The van der Waals surface area contributed by atoms with Crippen LogP contribution in [0.4, 0.5) is 8.78 Å². The molecular weight excluding hydrogens is 478 g/mol. The summed E-state index contributed by atoms with van der Waals surface area (Å²) < 4.78 is 81.3. The van der Waals surface area contributed by atoms with Crippen molar-refractivity contribution in [2.75, 3.05) is 13.9 Å². The molecule has 1 N–H and O–H groups in total. The molecule has 1 saturated heterocycles. The zero-order valence-electron chi connectivity index (χ0n) is 17.5. The van der Waals surface area contributed by atoms with Gasteiger partial charge in [0.15, 0.2) is 12.9 Å². The fourth-order valence-corrected chi connectivity index (χ4v) is 5.10. The molecule has 0 aromatic heterocycles. The summed E-state index contributed by atoms with van der Waals surface area (Å²) in [6.45, 7) is 0.243. The van der Waals surface area contributed by atoms with E-state index in [1.54, 1.807) is 0 Å². The molecule has 0 spiro atoms. The third-order valence-electron chi connectivity index (χ3n) is 6.06. The van der Waals surface area contributed by atoms with Gasteiger partial charge in [-0.25, -0.2) is 0 Å². The minimum atomic E-state index is -5.82. The highest BCUT2D eigenvalue weighted by molar-refractivity contribution is 7.86. The molecular formula is C18H22F2O12S. The summed E-state index contributed by atoms with van der Waals surface area (Å²) in [5.74, 6) is -6.04. The predicted molar refractivity (Wildman–Crippen MR) is 97.6 cm³/mol. The van der Waals surface area contributed by atoms with Crippen LogP contribution in [0, 0.1) is 23.7 Å². The Labute approximate surface area is 186 Å². The van der Waals surface area contributed by atoms with Gasteiger partial charge >= 0.3 is 39.2 Å². The van der Waals surface area contributed by atoms with E-state index in [9.17, 15) is 36.4 Å². The average molecular weight is 500 g/mol. The number of carbonyl (C=O) groups is 4. The monoisotopic (exact) mass is 500 g/mol. The lowest BCUT2D eigenvalue weighted by Gasteiger charge is -2.30. The first-order chi connectivity index (χ1) is 15.3. The van der Waals surface area contributed by atoms with Gasteiger partial charge in [0, 0.05) is 18.9 Å². The highest BCUT2D eigenvalue weighted by Gasteiger charge is 2.70. The number of halogens is 2. The van der Waals surface area contributed by atoms with Gasteiger partial charge in [-0.1, -0.05) is 0 Å². The number of carbonyl (C=O) groups excluding carboxylic acids is 4. The minimum Gasteiger partial charge on any atom is -0.458 e. The molecule has 2 aliphatic carbocycles. The zero-order chi connectivity index (χ0) is 24.7. The van der Waals surface area contributed by atoms with Gasteiger partial charge in [0.05, 0.1) is 24.7 Å². The molecule has 15 heteroatoms. The highest BCUT2D eigenvalue weighted by Crippen LogP contribution is 2.59. The van der Waals surface area contributed by atoms with Crippen molar-refractivity contribution < 1.29 is 64.6 Å². The molecule has 33 heavy (non-hydrogen) atoms. The number of hydrogen-bond acceptors (Lipinski definition) is 11. The van der Waals surface area contributed by atoms with E-state index in [1.165, 1.54) is 7.11 Å². The second kappa shape index (κ2) is 9.10. The highest BCUT2D eigenvalue weighted by atomic mass is 32.2. The van der Waals surface area contributed by atoms with Crippen LogP contribution in [0.1, 0.15) is 26.2 Å². The molecule has 3 rings (SSSR count). The predicted octanol–water partition coefficient (Wildman–Crippen LogP) is 0.0453. The standard InChI is InChI=1S/C18H22F2O12S/c1-7(18(19,20)33(25,26)27)30-10(21)3-4-11(22)31-14-8-5-9-13(17(24)32-15(9)14)12(8)16(23)29-6-28-2/h7-9,12-15H,3-6H2,1-2H3,(H,25,26,27). The number of methoxy groups -OCH3 is 1. The number of esters is 4. The SMILES string of the molecule is COCOC(=O)C1C2CC3C(OC(=O)C31)C2OC(=O)CCC(=O)OC(C)C(F)(F)S(=O)(=O)O. The normalized spacial score (nSPS) is 31.1. The van der Waals surface area contributed by atoms with Crippen molar-refractivity contribution in [2.24, 2.45) is 23.7 Å². The molecule has 3 fully saturated rings. The van der Waals surface area contributed by atoms with Crippen LogP contribution >= 0.6 is 0 Å². The van der Waals surface area contributed by atoms with E-state index >= 15 is 0 Å². The first kappa shape index (κ1) is 25.2. The van der Waals surface area contributed by atoms with Gasteiger partial charge in [-0.3, -0.25) is 23.7 Å². The molecule has 1 heterocycles. The zero-order valence-corrected chi connectivity index (χ0v) is 18.3. The Balaban J connectivity index is 1.56. The lowest BCUT2D eigenvalue weighted by molar-refractivity contribution is -0.171. The Kier molecular flexibility index (Phi) is 6.96. The second-order valence-corrected chi connectivity index (χ2v) is 9.50. The molecule has 2 saturated carbocycles. The fraction of sp³-hybridized carbons (Fsp3) is 0.778. The van der Waals surface area contributed by atoms with Crippen LogP contribution in [0.5, 0.6) is 0 Å². The Bertz CT molecular complexity index is 935. The topological polar surface area (TPSA) is 169 Å². The van der Waals surface area contributed by atoms with Crippen molar-refractivity contribution in [2.45, 2.75) is 49.8 Å². The number of rotatable bonds is 10. The number of alkyl halides is 2. The molecule has 7 unspecified atom stereocenters.